The first-order valence-corrected chi connectivity index (χ1v) is 4.42. The fourth-order valence-electron chi connectivity index (χ4n) is 1.86. The lowest BCUT2D eigenvalue weighted by atomic mass is 9.98. The zero-order valence-corrected chi connectivity index (χ0v) is 7.76. The predicted molar refractivity (Wildman–Crippen MR) is 48.3 cm³/mol. The molecule has 0 fully saturated rings. The maximum Gasteiger partial charge on any atom is 0.324 e. The Labute approximate surface area is 84.5 Å². The van der Waals surface area contributed by atoms with E-state index in [4.69, 9.17) is 10.8 Å². The second kappa shape index (κ2) is 3.00. The van der Waals surface area contributed by atoms with E-state index in [0.29, 0.717) is 5.56 Å². The Hall–Kier alpha value is -1.49. The summed E-state index contributed by atoms with van der Waals surface area (Å²) >= 11 is 0. The van der Waals surface area contributed by atoms with E-state index in [1.165, 1.54) is 6.07 Å². The first-order chi connectivity index (χ1) is 6.94. The van der Waals surface area contributed by atoms with Crippen LogP contribution >= 0.6 is 0 Å². The van der Waals surface area contributed by atoms with Crippen molar-refractivity contribution >= 4 is 5.97 Å². The molecule has 15 heavy (non-hydrogen) atoms. The van der Waals surface area contributed by atoms with Gasteiger partial charge in [-0.05, 0) is 17.2 Å². The molecule has 0 saturated heterocycles. The molecule has 0 heterocycles. The van der Waals surface area contributed by atoms with Crippen LogP contribution in [0.3, 0.4) is 0 Å². The molecule has 3 N–H and O–H groups in total. The number of aliphatic carboxylic acids is 1. The fraction of sp³-hybridized carbons (Fsp3) is 0.300. The molecule has 0 radical (unpaired) electrons. The Morgan fingerprint density at radius 3 is 2.67 bits per heavy atom. The molecule has 0 spiro atoms. The molecule has 80 valence electrons. The van der Waals surface area contributed by atoms with E-state index in [-0.39, 0.29) is 18.4 Å². The van der Waals surface area contributed by atoms with Crippen LogP contribution in [-0.2, 0) is 17.6 Å². The number of benzene rings is 1. The standard InChI is InChI=1S/C10H9F2NO2/c11-7-2-1-5-3-10(13,9(14)15)4-6(5)8(7)12/h1-2H,3-4,13H2,(H,14,15). The summed E-state index contributed by atoms with van der Waals surface area (Å²) in [6, 6.07) is 2.37. The van der Waals surface area contributed by atoms with E-state index in [0.717, 1.165) is 6.07 Å². The van der Waals surface area contributed by atoms with E-state index in [9.17, 15) is 13.6 Å². The zero-order chi connectivity index (χ0) is 11.2. The van der Waals surface area contributed by atoms with Crippen molar-refractivity contribution in [3.8, 4) is 0 Å². The third-order valence-corrected chi connectivity index (χ3v) is 2.72. The van der Waals surface area contributed by atoms with Crippen molar-refractivity contribution in [1.82, 2.24) is 0 Å². The van der Waals surface area contributed by atoms with Crippen molar-refractivity contribution < 1.29 is 18.7 Å². The summed E-state index contributed by atoms with van der Waals surface area (Å²) in [5.41, 5.74) is 4.63. The molecule has 1 aromatic carbocycles. The molecule has 0 saturated carbocycles. The molecule has 5 heteroatoms. The van der Waals surface area contributed by atoms with Crippen LogP contribution in [0.25, 0.3) is 0 Å². The van der Waals surface area contributed by atoms with Crippen molar-refractivity contribution in [3.63, 3.8) is 0 Å². The highest BCUT2D eigenvalue weighted by Gasteiger charge is 2.42. The van der Waals surface area contributed by atoms with Crippen molar-refractivity contribution in [2.75, 3.05) is 0 Å². The van der Waals surface area contributed by atoms with Gasteiger partial charge < -0.3 is 10.8 Å². The topological polar surface area (TPSA) is 63.3 Å². The molecule has 1 aliphatic rings. The number of fused-ring (bicyclic) bond motifs is 1. The van der Waals surface area contributed by atoms with E-state index >= 15 is 0 Å². The average molecular weight is 213 g/mol. The van der Waals surface area contributed by atoms with E-state index in [2.05, 4.69) is 0 Å². The van der Waals surface area contributed by atoms with Gasteiger partial charge in [0.25, 0.3) is 0 Å². The van der Waals surface area contributed by atoms with Gasteiger partial charge in [0, 0.05) is 12.8 Å². The van der Waals surface area contributed by atoms with Gasteiger partial charge in [0.2, 0.25) is 0 Å². The van der Waals surface area contributed by atoms with E-state index in [1.807, 2.05) is 0 Å². The third kappa shape index (κ3) is 1.39. The molecule has 0 aromatic heterocycles. The van der Waals surface area contributed by atoms with Gasteiger partial charge in [-0.2, -0.15) is 0 Å². The van der Waals surface area contributed by atoms with Crippen LogP contribution in [0, 0.1) is 11.6 Å². The number of hydrogen-bond acceptors (Lipinski definition) is 2. The fourth-order valence-corrected chi connectivity index (χ4v) is 1.86. The van der Waals surface area contributed by atoms with Crippen molar-refractivity contribution in [2.24, 2.45) is 5.73 Å². The van der Waals surface area contributed by atoms with Gasteiger partial charge in [0.05, 0.1) is 0 Å². The predicted octanol–water partition coefficient (Wildman–Crippen LogP) is 0.845. The van der Waals surface area contributed by atoms with Crippen LogP contribution < -0.4 is 5.73 Å². The highest BCUT2D eigenvalue weighted by Crippen LogP contribution is 2.31. The third-order valence-electron chi connectivity index (χ3n) is 2.72. The number of carbonyl (C=O) groups is 1. The van der Waals surface area contributed by atoms with Crippen molar-refractivity contribution in [1.29, 1.82) is 0 Å². The van der Waals surface area contributed by atoms with Gasteiger partial charge in [0.1, 0.15) is 5.54 Å². The highest BCUT2D eigenvalue weighted by molar-refractivity contribution is 5.81. The molecule has 3 nitrogen and oxygen atoms in total. The van der Waals surface area contributed by atoms with Crippen LogP contribution in [0.15, 0.2) is 12.1 Å². The first kappa shape index (κ1) is 10.0. The quantitative estimate of drug-likeness (QED) is 0.726. The molecular formula is C10H9F2NO2. The molecule has 1 aliphatic carbocycles. The first-order valence-electron chi connectivity index (χ1n) is 4.42. The summed E-state index contributed by atoms with van der Waals surface area (Å²) in [6.45, 7) is 0. The minimum atomic E-state index is -1.50. The minimum absolute atomic E-state index is 0.0366. The average Bonchev–Trinajstić information content (AvgIpc) is 2.51. The Bertz CT molecular complexity index is 447. The molecule has 1 unspecified atom stereocenters. The van der Waals surface area contributed by atoms with Crippen molar-refractivity contribution in [2.45, 2.75) is 18.4 Å². The number of hydrogen-bond donors (Lipinski definition) is 2. The molecule has 2 rings (SSSR count). The summed E-state index contributed by atoms with van der Waals surface area (Å²) in [5, 5.41) is 8.86. The Kier molecular flexibility index (Phi) is 2.01. The molecule has 0 bridgehead atoms. The summed E-state index contributed by atoms with van der Waals surface area (Å²) in [5.74, 6) is -3.15. The summed E-state index contributed by atoms with van der Waals surface area (Å²) < 4.78 is 26.1. The van der Waals surface area contributed by atoms with Crippen LogP contribution in [0.1, 0.15) is 11.1 Å². The van der Waals surface area contributed by atoms with Crippen LogP contribution in [-0.4, -0.2) is 16.6 Å². The van der Waals surface area contributed by atoms with Crippen LogP contribution in [0.2, 0.25) is 0 Å². The van der Waals surface area contributed by atoms with Gasteiger partial charge in [0.15, 0.2) is 11.6 Å². The maximum absolute atomic E-state index is 13.3. The SMILES string of the molecule is NC1(C(=O)O)Cc2ccc(F)c(F)c2C1. The highest BCUT2D eigenvalue weighted by atomic mass is 19.2. The Balaban J connectivity index is 2.48. The van der Waals surface area contributed by atoms with E-state index < -0.39 is 23.1 Å². The molecular weight excluding hydrogens is 204 g/mol. The molecule has 1 atom stereocenters. The summed E-state index contributed by atoms with van der Waals surface area (Å²) in [7, 11) is 0. The number of rotatable bonds is 1. The van der Waals surface area contributed by atoms with Gasteiger partial charge >= 0.3 is 5.97 Å². The summed E-state index contributed by atoms with van der Waals surface area (Å²) in [6.07, 6.45) is -0.129. The van der Waals surface area contributed by atoms with Gasteiger partial charge in [-0.25, -0.2) is 8.78 Å². The van der Waals surface area contributed by atoms with Crippen LogP contribution in [0.5, 0.6) is 0 Å². The lowest BCUT2D eigenvalue weighted by molar-refractivity contribution is -0.142. The Morgan fingerprint density at radius 2 is 2.07 bits per heavy atom. The normalized spacial score (nSPS) is 23.9. The Morgan fingerprint density at radius 1 is 1.40 bits per heavy atom. The van der Waals surface area contributed by atoms with Crippen molar-refractivity contribution in [3.05, 3.63) is 34.9 Å². The second-order valence-corrected chi connectivity index (χ2v) is 3.81. The lowest BCUT2D eigenvalue weighted by Gasteiger charge is -2.16. The monoisotopic (exact) mass is 213 g/mol. The van der Waals surface area contributed by atoms with Gasteiger partial charge in [-0.15, -0.1) is 0 Å². The van der Waals surface area contributed by atoms with E-state index in [1.54, 1.807) is 0 Å². The largest absolute Gasteiger partial charge is 0.480 e. The number of carboxylic acids is 1. The molecule has 1 aromatic rings. The van der Waals surface area contributed by atoms with Gasteiger partial charge in [-0.3, -0.25) is 4.79 Å². The second-order valence-electron chi connectivity index (χ2n) is 3.81. The zero-order valence-electron chi connectivity index (χ0n) is 7.76. The smallest absolute Gasteiger partial charge is 0.324 e. The maximum atomic E-state index is 13.3. The number of halogens is 2. The molecule has 0 aliphatic heterocycles. The number of carboxylic acid groups (broad SMARTS) is 1. The minimum Gasteiger partial charge on any atom is -0.480 e. The van der Waals surface area contributed by atoms with Gasteiger partial charge in [-0.1, -0.05) is 6.07 Å². The number of nitrogens with two attached hydrogens (primary N) is 1. The molecule has 0 amide bonds. The lowest BCUT2D eigenvalue weighted by Crippen LogP contribution is -2.48. The van der Waals surface area contributed by atoms with Crippen LogP contribution in [0.4, 0.5) is 8.78 Å². The summed E-state index contributed by atoms with van der Waals surface area (Å²) in [4.78, 5) is 10.8.